The second-order valence-electron chi connectivity index (χ2n) is 5.39. The molecule has 0 spiro atoms. The fraction of sp³-hybridized carbons (Fsp3) is 0.462. The van der Waals surface area contributed by atoms with Crippen molar-refractivity contribution in [1.82, 2.24) is 4.31 Å². The molecule has 2 saturated heterocycles. The number of fused-ring (bicyclic) bond motifs is 2. The lowest BCUT2D eigenvalue weighted by molar-refractivity contribution is -0.142. The molecule has 2 fully saturated rings. The minimum Gasteiger partial charge on any atom is -0.481 e. The Bertz CT molecular complexity index is 658. The third-order valence-electron chi connectivity index (χ3n) is 4.22. The molecule has 2 aliphatic heterocycles. The van der Waals surface area contributed by atoms with E-state index in [0.29, 0.717) is 18.5 Å². The average Bonchev–Trinajstić information content (AvgIpc) is 2.96. The van der Waals surface area contributed by atoms with Crippen LogP contribution in [0.2, 0.25) is 0 Å². The van der Waals surface area contributed by atoms with Gasteiger partial charge in [-0.25, -0.2) is 8.42 Å². The van der Waals surface area contributed by atoms with E-state index in [9.17, 15) is 18.3 Å². The summed E-state index contributed by atoms with van der Waals surface area (Å²) >= 11 is 0. The molecule has 1 aromatic carbocycles. The first-order chi connectivity index (χ1) is 9.41. The highest BCUT2D eigenvalue weighted by Crippen LogP contribution is 2.45. The maximum Gasteiger partial charge on any atom is 0.308 e. The molecule has 2 bridgehead atoms. The smallest absolute Gasteiger partial charge is 0.308 e. The molecule has 0 saturated carbocycles. The topological polar surface area (TPSA) is 101 Å². The normalized spacial score (nSPS) is 29.7. The van der Waals surface area contributed by atoms with Gasteiger partial charge in [-0.3, -0.25) is 4.79 Å². The number of hydrogen-bond acceptors (Lipinski definition) is 4. The molecule has 20 heavy (non-hydrogen) atoms. The fourth-order valence-electron chi connectivity index (χ4n) is 3.38. The third kappa shape index (κ3) is 1.89. The number of nitrogens with two attached hydrogens (primary N) is 1. The van der Waals surface area contributed by atoms with Crippen LogP contribution < -0.4 is 5.73 Å². The highest BCUT2D eigenvalue weighted by molar-refractivity contribution is 7.89. The molecule has 0 radical (unpaired) electrons. The Balaban J connectivity index is 1.99. The number of carbonyl (C=O) groups is 1. The summed E-state index contributed by atoms with van der Waals surface area (Å²) in [5, 5.41) is 9.19. The Kier molecular flexibility index (Phi) is 2.98. The maximum atomic E-state index is 12.7. The van der Waals surface area contributed by atoms with Gasteiger partial charge in [0.25, 0.3) is 0 Å². The van der Waals surface area contributed by atoms with Gasteiger partial charge in [-0.15, -0.1) is 0 Å². The highest BCUT2D eigenvalue weighted by atomic mass is 32.2. The summed E-state index contributed by atoms with van der Waals surface area (Å²) in [5.41, 5.74) is 6.02. The zero-order chi connectivity index (χ0) is 14.5. The summed E-state index contributed by atoms with van der Waals surface area (Å²) < 4.78 is 26.8. The Labute approximate surface area is 117 Å². The molecule has 3 N–H and O–H groups in total. The van der Waals surface area contributed by atoms with Crippen LogP contribution in [0.1, 0.15) is 19.3 Å². The molecule has 2 aliphatic rings. The lowest BCUT2D eigenvalue weighted by Crippen LogP contribution is -2.37. The molecule has 6 nitrogen and oxygen atoms in total. The van der Waals surface area contributed by atoms with Crippen molar-refractivity contribution in [3.05, 3.63) is 24.3 Å². The van der Waals surface area contributed by atoms with Gasteiger partial charge in [0.05, 0.1) is 10.8 Å². The molecule has 0 aliphatic carbocycles. The molecule has 2 heterocycles. The van der Waals surface area contributed by atoms with E-state index in [-0.39, 0.29) is 10.9 Å². The number of aliphatic carboxylic acids is 1. The van der Waals surface area contributed by atoms with Crippen molar-refractivity contribution >= 4 is 21.7 Å². The Morgan fingerprint density at radius 2 is 2.10 bits per heavy atom. The summed E-state index contributed by atoms with van der Waals surface area (Å²) in [6, 6.07) is 5.51. The molecule has 3 unspecified atom stereocenters. The molecule has 3 rings (SSSR count). The Morgan fingerprint density at radius 3 is 2.70 bits per heavy atom. The van der Waals surface area contributed by atoms with Crippen LogP contribution in [0.25, 0.3) is 0 Å². The van der Waals surface area contributed by atoms with E-state index in [4.69, 9.17) is 5.73 Å². The number of rotatable bonds is 3. The van der Waals surface area contributed by atoms with Crippen molar-refractivity contribution in [2.45, 2.75) is 36.2 Å². The van der Waals surface area contributed by atoms with Crippen LogP contribution in [-0.4, -0.2) is 35.9 Å². The SMILES string of the molecule is Nc1cccc(S(=O)(=O)N2C3CCC2C(C(=O)O)C3)c1. The minimum absolute atomic E-state index is 0.139. The van der Waals surface area contributed by atoms with Gasteiger partial charge in [-0.1, -0.05) is 6.07 Å². The standard InChI is InChI=1S/C13H16N2O4S/c14-8-2-1-3-10(6-8)20(18,19)15-9-4-5-12(15)11(7-9)13(16)17/h1-3,6,9,11-12H,4-5,7,14H2,(H,16,17). The molecule has 0 aromatic heterocycles. The van der Waals surface area contributed by atoms with Crippen molar-refractivity contribution < 1.29 is 18.3 Å². The third-order valence-corrected chi connectivity index (χ3v) is 6.20. The van der Waals surface area contributed by atoms with E-state index in [2.05, 4.69) is 0 Å². The number of nitrogen functional groups attached to an aromatic ring is 1. The largest absolute Gasteiger partial charge is 0.481 e. The number of hydrogen-bond donors (Lipinski definition) is 2. The van der Waals surface area contributed by atoms with Gasteiger partial charge in [0, 0.05) is 17.8 Å². The van der Waals surface area contributed by atoms with Crippen LogP contribution in [0, 0.1) is 5.92 Å². The first-order valence-electron chi connectivity index (χ1n) is 6.53. The van der Waals surface area contributed by atoms with Gasteiger partial charge in [-0.05, 0) is 37.5 Å². The van der Waals surface area contributed by atoms with Crippen molar-refractivity contribution in [3.63, 3.8) is 0 Å². The van der Waals surface area contributed by atoms with Gasteiger partial charge in [-0.2, -0.15) is 4.31 Å². The zero-order valence-corrected chi connectivity index (χ0v) is 11.6. The first kappa shape index (κ1) is 13.4. The maximum absolute atomic E-state index is 12.7. The molecular weight excluding hydrogens is 280 g/mol. The van der Waals surface area contributed by atoms with Crippen molar-refractivity contribution in [3.8, 4) is 0 Å². The average molecular weight is 296 g/mol. The summed E-state index contributed by atoms with van der Waals surface area (Å²) in [6.07, 6.45) is 1.75. The van der Waals surface area contributed by atoms with E-state index < -0.39 is 28.0 Å². The number of carboxylic acids is 1. The number of sulfonamides is 1. The molecule has 7 heteroatoms. The number of benzene rings is 1. The van der Waals surface area contributed by atoms with Crippen molar-refractivity contribution in [2.75, 3.05) is 5.73 Å². The van der Waals surface area contributed by atoms with Crippen LogP contribution in [0.3, 0.4) is 0 Å². The lowest BCUT2D eigenvalue weighted by Gasteiger charge is -2.22. The Morgan fingerprint density at radius 1 is 1.35 bits per heavy atom. The second kappa shape index (κ2) is 4.46. The predicted molar refractivity (Wildman–Crippen MR) is 72.4 cm³/mol. The van der Waals surface area contributed by atoms with Crippen LogP contribution in [0.15, 0.2) is 29.2 Å². The number of carboxylic acid groups (broad SMARTS) is 1. The highest BCUT2D eigenvalue weighted by Gasteiger charge is 2.54. The summed E-state index contributed by atoms with van der Waals surface area (Å²) in [5.74, 6) is -1.51. The molecule has 0 amide bonds. The zero-order valence-electron chi connectivity index (χ0n) is 10.8. The van der Waals surface area contributed by atoms with Gasteiger partial charge < -0.3 is 10.8 Å². The quantitative estimate of drug-likeness (QED) is 0.807. The van der Waals surface area contributed by atoms with Crippen LogP contribution in [0.4, 0.5) is 5.69 Å². The van der Waals surface area contributed by atoms with E-state index >= 15 is 0 Å². The van der Waals surface area contributed by atoms with Gasteiger partial charge in [0.15, 0.2) is 0 Å². The summed E-state index contributed by atoms with van der Waals surface area (Å²) in [4.78, 5) is 11.4. The summed E-state index contributed by atoms with van der Waals surface area (Å²) in [7, 11) is -3.67. The predicted octanol–water partition coefficient (Wildman–Crippen LogP) is 0.895. The van der Waals surface area contributed by atoms with E-state index in [1.165, 1.54) is 16.4 Å². The minimum atomic E-state index is -3.67. The van der Waals surface area contributed by atoms with E-state index in [1.807, 2.05) is 0 Å². The van der Waals surface area contributed by atoms with Crippen LogP contribution >= 0.6 is 0 Å². The molecule has 3 atom stereocenters. The van der Waals surface area contributed by atoms with Crippen molar-refractivity contribution in [1.29, 1.82) is 0 Å². The summed E-state index contributed by atoms with van der Waals surface area (Å²) in [6.45, 7) is 0. The lowest BCUT2D eigenvalue weighted by atomic mass is 9.89. The van der Waals surface area contributed by atoms with Gasteiger partial charge in [0.1, 0.15) is 0 Å². The molecule has 1 aromatic rings. The molecule has 108 valence electrons. The second-order valence-corrected chi connectivity index (χ2v) is 7.23. The van der Waals surface area contributed by atoms with Crippen LogP contribution in [-0.2, 0) is 14.8 Å². The van der Waals surface area contributed by atoms with Gasteiger partial charge in [0.2, 0.25) is 10.0 Å². The first-order valence-corrected chi connectivity index (χ1v) is 7.97. The van der Waals surface area contributed by atoms with Gasteiger partial charge >= 0.3 is 5.97 Å². The molecular formula is C13H16N2O4S. The number of anilines is 1. The monoisotopic (exact) mass is 296 g/mol. The van der Waals surface area contributed by atoms with E-state index in [0.717, 1.165) is 6.42 Å². The van der Waals surface area contributed by atoms with Crippen LogP contribution in [0.5, 0.6) is 0 Å². The fourth-order valence-corrected chi connectivity index (χ4v) is 5.35. The van der Waals surface area contributed by atoms with E-state index in [1.54, 1.807) is 12.1 Å². The number of nitrogens with zero attached hydrogens (tertiary/aromatic N) is 1. The van der Waals surface area contributed by atoms with Crippen molar-refractivity contribution in [2.24, 2.45) is 5.92 Å². The Hall–Kier alpha value is -1.60.